The first-order valence-electron chi connectivity index (χ1n) is 6.31. The van der Waals surface area contributed by atoms with Crippen LogP contribution >= 0.6 is 11.6 Å². The molecule has 2 rings (SSSR count). The van der Waals surface area contributed by atoms with Gasteiger partial charge in [-0.25, -0.2) is 0 Å². The summed E-state index contributed by atoms with van der Waals surface area (Å²) in [7, 11) is 3.47. The Morgan fingerprint density at radius 3 is 2.75 bits per heavy atom. The largest absolute Gasteiger partial charge is 0.493 e. The van der Waals surface area contributed by atoms with E-state index in [0.29, 0.717) is 29.7 Å². The molecule has 0 saturated heterocycles. The van der Waals surface area contributed by atoms with Gasteiger partial charge in [-0.15, -0.1) is 0 Å². The first kappa shape index (κ1) is 14.7. The maximum absolute atomic E-state index is 6.20. The first-order valence-corrected chi connectivity index (χ1v) is 6.68. The minimum Gasteiger partial charge on any atom is -0.493 e. The van der Waals surface area contributed by atoms with Crippen molar-refractivity contribution in [2.24, 2.45) is 12.8 Å². The molecule has 1 heterocycles. The van der Waals surface area contributed by atoms with Crippen LogP contribution in [0.25, 0.3) is 0 Å². The van der Waals surface area contributed by atoms with E-state index in [0.717, 1.165) is 17.5 Å². The summed E-state index contributed by atoms with van der Waals surface area (Å²) < 4.78 is 12.8. The Kier molecular flexibility index (Phi) is 4.87. The number of hydrogen-bond acceptors (Lipinski definition) is 4. The molecule has 0 aliphatic rings. The summed E-state index contributed by atoms with van der Waals surface area (Å²) >= 11 is 6.20. The molecule has 0 unspecified atom stereocenters. The Balaban J connectivity index is 2.05. The third-order valence-corrected chi connectivity index (χ3v) is 3.20. The first-order chi connectivity index (χ1) is 9.63. The van der Waals surface area contributed by atoms with Crippen molar-refractivity contribution in [3.05, 3.63) is 40.7 Å². The number of methoxy groups -OCH3 is 1. The standard InChI is InChI=1S/C14H18ClN3O2/c1-18-9-10(8-17-18)3-4-20-14-12(15)5-11(7-16)6-13(14)19-2/h5-6,8-9H,3-4,7,16H2,1-2H3. The summed E-state index contributed by atoms with van der Waals surface area (Å²) in [4.78, 5) is 0. The summed E-state index contributed by atoms with van der Waals surface area (Å²) in [6, 6.07) is 3.63. The molecule has 6 heteroatoms. The van der Waals surface area contributed by atoms with E-state index in [1.165, 1.54) is 0 Å². The molecule has 0 saturated carbocycles. The van der Waals surface area contributed by atoms with Gasteiger partial charge in [-0.05, 0) is 23.3 Å². The lowest BCUT2D eigenvalue weighted by molar-refractivity contribution is 0.297. The fourth-order valence-electron chi connectivity index (χ4n) is 1.90. The van der Waals surface area contributed by atoms with Crippen LogP contribution < -0.4 is 15.2 Å². The molecule has 20 heavy (non-hydrogen) atoms. The van der Waals surface area contributed by atoms with E-state index in [2.05, 4.69) is 5.10 Å². The van der Waals surface area contributed by atoms with Gasteiger partial charge in [0, 0.05) is 26.2 Å². The molecule has 0 radical (unpaired) electrons. The molecular formula is C14H18ClN3O2. The normalized spacial score (nSPS) is 10.6. The van der Waals surface area contributed by atoms with Crippen molar-refractivity contribution in [3.8, 4) is 11.5 Å². The zero-order valence-corrected chi connectivity index (χ0v) is 12.4. The SMILES string of the molecule is COc1cc(CN)cc(Cl)c1OCCc1cnn(C)c1. The molecular weight excluding hydrogens is 278 g/mol. The van der Waals surface area contributed by atoms with E-state index in [4.69, 9.17) is 26.8 Å². The van der Waals surface area contributed by atoms with Gasteiger partial charge >= 0.3 is 0 Å². The summed E-state index contributed by atoms with van der Waals surface area (Å²) in [5.74, 6) is 1.15. The molecule has 0 fully saturated rings. The third kappa shape index (κ3) is 3.43. The molecule has 1 aromatic heterocycles. The number of aromatic nitrogens is 2. The summed E-state index contributed by atoms with van der Waals surface area (Å²) in [6.45, 7) is 0.912. The van der Waals surface area contributed by atoms with Gasteiger partial charge in [0.1, 0.15) is 0 Å². The third-order valence-electron chi connectivity index (χ3n) is 2.92. The number of nitrogens with zero attached hydrogens (tertiary/aromatic N) is 2. The van der Waals surface area contributed by atoms with Crippen LogP contribution in [0.1, 0.15) is 11.1 Å². The van der Waals surface area contributed by atoms with Crippen LogP contribution in [0.3, 0.4) is 0 Å². The second-order valence-electron chi connectivity index (χ2n) is 4.43. The van der Waals surface area contributed by atoms with Crippen molar-refractivity contribution in [2.75, 3.05) is 13.7 Å². The topological polar surface area (TPSA) is 62.3 Å². The van der Waals surface area contributed by atoms with E-state index in [9.17, 15) is 0 Å². The lowest BCUT2D eigenvalue weighted by atomic mass is 10.2. The zero-order valence-electron chi connectivity index (χ0n) is 11.6. The van der Waals surface area contributed by atoms with E-state index in [1.807, 2.05) is 25.5 Å². The Morgan fingerprint density at radius 2 is 2.15 bits per heavy atom. The molecule has 2 N–H and O–H groups in total. The second kappa shape index (κ2) is 6.63. The number of aryl methyl sites for hydroxylation is 1. The molecule has 0 aliphatic heterocycles. The van der Waals surface area contributed by atoms with Crippen LogP contribution in [0.4, 0.5) is 0 Å². The molecule has 5 nitrogen and oxygen atoms in total. The fraction of sp³-hybridized carbons (Fsp3) is 0.357. The summed E-state index contributed by atoms with van der Waals surface area (Å²) in [6.07, 6.45) is 4.53. The molecule has 1 aromatic carbocycles. The minimum absolute atomic E-state index is 0.409. The molecule has 0 amide bonds. The van der Waals surface area contributed by atoms with Gasteiger partial charge in [0.25, 0.3) is 0 Å². The lowest BCUT2D eigenvalue weighted by Crippen LogP contribution is -2.04. The predicted octanol–water partition coefficient (Wildman–Crippen LogP) is 2.16. The molecule has 0 bridgehead atoms. The number of nitrogens with two attached hydrogens (primary N) is 1. The maximum Gasteiger partial charge on any atom is 0.179 e. The fourth-order valence-corrected chi connectivity index (χ4v) is 2.19. The van der Waals surface area contributed by atoms with Crippen LogP contribution in [0.5, 0.6) is 11.5 Å². The van der Waals surface area contributed by atoms with Gasteiger partial charge < -0.3 is 15.2 Å². The predicted molar refractivity (Wildman–Crippen MR) is 78.3 cm³/mol. The van der Waals surface area contributed by atoms with Crippen molar-refractivity contribution < 1.29 is 9.47 Å². The molecule has 0 aliphatic carbocycles. The van der Waals surface area contributed by atoms with Crippen LogP contribution in [-0.2, 0) is 20.0 Å². The number of benzene rings is 1. The van der Waals surface area contributed by atoms with Crippen molar-refractivity contribution in [2.45, 2.75) is 13.0 Å². The summed E-state index contributed by atoms with van der Waals surface area (Å²) in [5.41, 5.74) is 7.63. The van der Waals surface area contributed by atoms with Gasteiger partial charge in [-0.3, -0.25) is 4.68 Å². The average Bonchev–Trinajstić information content (AvgIpc) is 2.85. The average molecular weight is 296 g/mol. The van der Waals surface area contributed by atoms with E-state index in [1.54, 1.807) is 17.9 Å². The van der Waals surface area contributed by atoms with Crippen molar-refractivity contribution in [1.82, 2.24) is 9.78 Å². The van der Waals surface area contributed by atoms with E-state index in [-0.39, 0.29) is 0 Å². The Bertz CT molecular complexity index is 584. The Labute approximate surface area is 123 Å². The zero-order chi connectivity index (χ0) is 14.5. The Morgan fingerprint density at radius 1 is 1.35 bits per heavy atom. The van der Waals surface area contributed by atoms with Crippen molar-refractivity contribution in [1.29, 1.82) is 0 Å². The van der Waals surface area contributed by atoms with Crippen LogP contribution in [-0.4, -0.2) is 23.5 Å². The van der Waals surface area contributed by atoms with Gasteiger partial charge in [-0.1, -0.05) is 11.6 Å². The van der Waals surface area contributed by atoms with E-state index < -0.39 is 0 Å². The highest BCUT2D eigenvalue weighted by Gasteiger charge is 2.11. The number of halogens is 1. The van der Waals surface area contributed by atoms with Gasteiger partial charge in [-0.2, -0.15) is 5.10 Å². The molecule has 2 aromatic rings. The summed E-state index contributed by atoms with van der Waals surface area (Å²) in [5, 5.41) is 4.62. The van der Waals surface area contributed by atoms with Crippen LogP contribution in [0.15, 0.2) is 24.5 Å². The smallest absolute Gasteiger partial charge is 0.179 e. The number of hydrogen-bond donors (Lipinski definition) is 1. The van der Waals surface area contributed by atoms with Crippen molar-refractivity contribution in [3.63, 3.8) is 0 Å². The Hall–Kier alpha value is -1.72. The molecule has 0 spiro atoms. The number of rotatable bonds is 6. The highest BCUT2D eigenvalue weighted by molar-refractivity contribution is 6.32. The highest BCUT2D eigenvalue weighted by Crippen LogP contribution is 2.36. The van der Waals surface area contributed by atoms with Crippen molar-refractivity contribution >= 4 is 11.6 Å². The second-order valence-corrected chi connectivity index (χ2v) is 4.84. The van der Waals surface area contributed by atoms with E-state index >= 15 is 0 Å². The maximum atomic E-state index is 6.20. The lowest BCUT2D eigenvalue weighted by Gasteiger charge is -2.13. The highest BCUT2D eigenvalue weighted by atomic mass is 35.5. The quantitative estimate of drug-likeness (QED) is 0.887. The molecule has 108 valence electrons. The molecule has 0 atom stereocenters. The monoisotopic (exact) mass is 295 g/mol. The van der Waals surface area contributed by atoms with Gasteiger partial charge in [0.2, 0.25) is 0 Å². The minimum atomic E-state index is 0.409. The van der Waals surface area contributed by atoms with Gasteiger partial charge in [0.05, 0.1) is 24.9 Å². The number of ether oxygens (including phenoxy) is 2. The van der Waals surface area contributed by atoms with Crippen LogP contribution in [0, 0.1) is 0 Å². The van der Waals surface area contributed by atoms with Gasteiger partial charge in [0.15, 0.2) is 11.5 Å². The van der Waals surface area contributed by atoms with Crippen LogP contribution in [0.2, 0.25) is 5.02 Å².